The van der Waals surface area contributed by atoms with Gasteiger partial charge >= 0.3 is 0 Å². The molecule has 0 aromatic heterocycles. The first-order valence-electron chi connectivity index (χ1n) is 9.16. The number of hydrogen-bond donors (Lipinski definition) is 0. The topological polar surface area (TPSA) is 26.3 Å². The Labute approximate surface area is 147 Å². The molecule has 0 aliphatic carbocycles. The molecule has 0 amide bonds. The second-order valence-electron chi connectivity index (χ2n) is 7.65. The van der Waals surface area contributed by atoms with Crippen LogP contribution in [-0.2, 0) is 11.2 Å². The Kier molecular flexibility index (Phi) is 5.90. The van der Waals surface area contributed by atoms with E-state index in [1.807, 2.05) is 0 Å². The lowest BCUT2D eigenvalue weighted by Gasteiger charge is -2.38. The molecule has 2 heteroatoms. The average molecular weight is 328 g/mol. The van der Waals surface area contributed by atoms with Crippen molar-refractivity contribution < 1.29 is 9.53 Å². The fourth-order valence-electron chi connectivity index (χ4n) is 3.67. The standard InChI is InChI=1S/C22H32O2/c1-15(10-8-14-23)9-7-12-22(6)13-11-20-18(4)16(2)17(3)19(5)21(20)24-22/h9,14H,7-8,10-13H2,1-6H3/b15-9+/t22-/m0/s1. The lowest BCUT2D eigenvalue weighted by atomic mass is 9.83. The van der Waals surface area contributed by atoms with Crippen LogP contribution >= 0.6 is 0 Å². The molecule has 24 heavy (non-hydrogen) atoms. The summed E-state index contributed by atoms with van der Waals surface area (Å²) in [5.41, 5.74) is 8.10. The molecule has 2 rings (SSSR count). The molecule has 2 nitrogen and oxygen atoms in total. The summed E-state index contributed by atoms with van der Waals surface area (Å²) < 4.78 is 6.54. The van der Waals surface area contributed by atoms with Crippen molar-refractivity contribution in [3.8, 4) is 5.75 Å². The van der Waals surface area contributed by atoms with Gasteiger partial charge in [0, 0.05) is 6.42 Å². The van der Waals surface area contributed by atoms with E-state index in [-0.39, 0.29) is 5.60 Å². The Hall–Kier alpha value is -1.57. The van der Waals surface area contributed by atoms with Crippen LogP contribution in [-0.4, -0.2) is 11.9 Å². The SMILES string of the molecule is C/C(=C\CC[C@@]1(C)CCc2c(C)c(C)c(C)c(C)c2O1)CCC=O. The molecule has 1 aromatic carbocycles. The largest absolute Gasteiger partial charge is 0.487 e. The van der Waals surface area contributed by atoms with Crippen LogP contribution in [0.2, 0.25) is 0 Å². The van der Waals surface area contributed by atoms with Gasteiger partial charge in [0.2, 0.25) is 0 Å². The molecule has 0 fully saturated rings. The van der Waals surface area contributed by atoms with Gasteiger partial charge in [-0.15, -0.1) is 0 Å². The molecule has 0 spiro atoms. The second-order valence-corrected chi connectivity index (χ2v) is 7.65. The van der Waals surface area contributed by atoms with Gasteiger partial charge in [0.25, 0.3) is 0 Å². The molecule has 1 aliphatic rings. The number of hydrogen-bond acceptors (Lipinski definition) is 2. The number of aldehydes is 1. The fourth-order valence-corrected chi connectivity index (χ4v) is 3.67. The van der Waals surface area contributed by atoms with E-state index >= 15 is 0 Å². The van der Waals surface area contributed by atoms with E-state index in [0.29, 0.717) is 6.42 Å². The molecule has 132 valence electrons. The third-order valence-corrected chi connectivity index (χ3v) is 5.83. The number of benzene rings is 1. The molecule has 0 N–H and O–H groups in total. The third kappa shape index (κ3) is 3.91. The zero-order valence-corrected chi connectivity index (χ0v) is 16.2. The molecular weight excluding hydrogens is 296 g/mol. The summed E-state index contributed by atoms with van der Waals surface area (Å²) >= 11 is 0. The highest BCUT2D eigenvalue weighted by Crippen LogP contribution is 2.42. The van der Waals surface area contributed by atoms with E-state index in [2.05, 4.69) is 47.6 Å². The van der Waals surface area contributed by atoms with E-state index in [0.717, 1.165) is 44.1 Å². The van der Waals surface area contributed by atoms with Crippen LogP contribution in [0.4, 0.5) is 0 Å². The minimum absolute atomic E-state index is 0.0899. The summed E-state index contributed by atoms with van der Waals surface area (Å²) in [5, 5.41) is 0. The van der Waals surface area contributed by atoms with Crippen molar-refractivity contribution in [2.24, 2.45) is 0 Å². The molecule has 0 saturated heterocycles. The molecule has 1 aromatic rings. The maximum absolute atomic E-state index is 10.5. The van der Waals surface area contributed by atoms with E-state index in [4.69, 9.17) is 4.74 Å². The van der Waals surface area contributed by atoms with E-state index in [1.165, 1.54) is 33.4 Å². The summed E-state index contributed by atoms with van der Waals surface area (Å²) in [6, 6.07) is 0. The van der Waals surface area contributed by atoms with Gasteiger partial charge in [-0.25, -0.2) is 0 Å². The van der Waals surface area contributed by atoms with Crippen LogP contribution in [0.15, 0.2) is 11.6 Å². The molecule has 0 saturated carbocycles. The van der Waals surface area contributed by atoms with Gasteiger partial charge in [-0.2, -0.15) is 0 Å². The van der Waals surface area contributed by atoms with Crippen LogP contribution in [0, 0.1) is 27.7 Å². The number of fused-ring (bicyclic) bond motifs is 1. The summed E-state index contributed by atoms with van der Waals surface area (Å²) in [4.78, 5) is 10.5. The lowest BCUT2D eigenvalue weighted by Crippen LogP contribution is -2.37. The average Bonchev–Trinajstić information content (AvgIpc) is 2.56. The zero-order chi connectivity index (χ0) is 17.9. The van der Waals surface area contributed by atoms with Gasteiger partial charge < -0.3 is 9.53 Å². The third-order valence-electron chi connectivity index (χ3n) is 5.83. The van der Waals surface area contributed by atoms with Gasteiger partial charge in [0.05, 0.1) is 0 Å². The highest BCUT2D eigenvalue weighted by Gasteiger charge is 2.33. The maximum Gasteiger partial charge on any atom is 0.126 e. The summed E-state index contributed by atoms with van der Waals surface area (Å²) in [5.74, 6) is 1.13. The van der Waals surface area contributed by atoms with Crippen LogP contribution in [0.5, 0.6) is 5.75 Å². The van der Waals surface area contributed by atoms with Gasteiger partial charge in [0.1, 0.15) is 17.6 Å². The van der Waals surface area contributed by atoms with Gasteiger partial charge in [-0.05, 0) is 101 Å². The highest BCUT2D eigenvalue weighted by molar-refractivity contribution is 5.55. The Morgan fingerprint density at radius 2 is 1.75 bits per heavy atom. The zero-order valence-electron chi connectivity index (χ0n) is 16.2. The molecule has 1 heterocycles. The van der Waals surface area contributed by atoms with Crippen molar-refractivity contribution >= 4 is 6.29 Å². The predicted molar refractivity (Wildman–Crippen MR) is 101 cm³/mol. The Morgan fingerprint density at radius 3 is 2.42 bits per heavy atom. The minimum Gasteiger partial charge on any atom is -0.487 e. The first kappa shape index (κ1) is 18.8. The normalized spacial score (nSPS) is 20.5. The number of allylic oxidation sites excluding steroid dienone is 2. The molecule has 1 atom stereocenters. The molecule has 1 aliphatic heterocycles. The van der Waals surface area contributed by atoms with Crippen LogP contribution < -0.4 is 4.74 Å². The van der Waals surface area contributed by atoms with Gasteiger partial charge in [-0.1, -0.05) is 11.6 Å². The molecule has 0 bridgehead atoms. The van der Waals surface area contributed by atoms with Crippen LogP contribution in [0.25, 0.3) is 0 Å². The first-order valence-corrected chi connectivity index (χ1v) is 9.16. The first-order chi connectivity index (χ1) is 11.3. The summed E-state index contributed by atoms with van der Waals surface area (Å²) in [6.45, 7) is 13.2. The van der Waals surface area contributed by atoms with Gasteiger partial charge in [-0.3, -0.25) is 0 Å². The summed E-state index contributed by atoms with van der Waals surface area (Å²) in [6.07, 6.45) is 8.98. The number of carbonyl (C=O) groups excluding carboxylic acids is 1. The van der Waals surface area contributed by atoms with Crippen LogP contribution in [0.3, 0.4) is 0 Å². The second kappa shape index (κ2) is 7.55. The van der Waals surface area contributed by atoms with Crippen molar-refractivity contribution in [2.75, 3.05) is 0 Å². The highest BCUT2D eigenvalue weighted by atomic mass is 16.5. The number of rotatable bonds is 6. The van der Waals surface area contributed by atoms with Crippen molar-refractivity contribution in [3.63, 3.8) is 0 Å². The fraction of sp³-hybridized carbons (Fsp3) is 0.591. The molecule has 0 radical (unpaired) electrons. The monoisotopic (exact) mass is 328 g/mol. The molecule has 0 unspecified atom stereocenters. The molecular formula is C22H32O2. The Bertz CT molecular complexity index is 655. The van der Waals surface area contributed by atoms with E-state index in [9.17, 15) is 4.79 Å². The maximum atomic E-state index is 10.5. The van der Waals surface area contributed by atoms with Gasteiger partial charge in [0.15, 0.2) is 0 Å². The summed E-state index contributed by atoms with van der Waals surface area (Å²) in [7, 11) is 0. The predicted octanol–water partition coefficient (Wildman–Crippen LogP) is 5.71. The van der Waals surface area contributed by atoms with Crippen molar-refractivity contribution in [3.05, 3.63) is 39.5 Å². The Morgan fingerprint density at radius 1 is 1.08 bits per heavy atom. The van der Waals surface area contributed by atoms with Crippen LogP contribution in [0.1, 0.15) is 73.8 Å². The number of carbonyl (C=O) groups is 1. The van der Waals surface area contributed by atoms with E-state index < -0.39 is 0 Å². The Balaban J connectivity index is 2.12. The quantitative estimate of drug-likeness (QED) is 0.494. The van der Waals surface area contributed by atoms with Crippen molar-refractivity contribution in [1.82, 2.24) is 0 Å². The minimum atomic E-state index is -0.0899. The van der Waals surface area contributed by atoms with E-state index in [1.54, 1.807) is 0 Å². The number of ether oxygens (including phenoxy) is 1. The van der Waals surface area contributed by atoms with Crippen molar-refractivity contribution in [1.29, 1.82) is 0 Å². The smallest absolute Gasteiger partial charge is 0.126 e. The van der Waals surface area contributed by atoms with Crippen molar-refractivity contribution in [2.45, 2.75) is 85.7 Å². The lowest BCUT2D eigenvalue weighted by molar-refractivity contribution is -0.107.